The van der Waals surface area contributed by atoms with Gasteiger partial charge in [0.05, 0.1) is 13.2 Å². The van der Waals surface area contributed by atoms with Gasteiger partial charge in [0.15, 0.2) is 0 Å². The first kappa shape index (κ1) is 21.6. The molecule has 0 bridgehead atoms. The topological polar surface area (TPSA) is 79.5 Å². The highest BCUT2D eigenvalue weighted by Gasteiger charge is 2.28. The molecule has 164 valence electrons. The molecule has 0 unspecified atom stereocenters. The fraction of sp³-hybridized carbons (Fsp3) is 0.231. The average Bonchev–Trinajstić information content (AvgIpc) is 2.84. The first-order chi connectivity index (χ1) is 15.6. The molecule has 3 aromatic carbocycles. The van der Waals surface area contributed by atoms with Crippen molar-refractivity contribution in [3.05, 3.63) is 95.6 Å². The lowest BCUT2D eigenvalue weighted by Gasteiger charge is -2.27. The summed E-state index contributed by atoms with van der Waals surface area (Å²) >= 11 is 0. The molecule has 6 nitrogen and oxygen atoms in total. The summed E-state index contributed by atoms with van der Waals surface area (Å²) in [6.45, 7) is 0.633. The molecule has 0 saturated heterocycles. The van der Waals surface area contributed by atoms with Gasteiger partial charge >= 0.3 is 0 Å². The molecular weight excluding hydrogens is 402 g/mol. The number of carbonyl (C=O) groups excluding carboxylic acids is 2. The predicted octanol–water partition coefficient (Wildman–Crippen LogP) is 3.08. The summed E-state index contributed by atoms with van der Waals surface area (Å²) in [5, 5.41) is 9.16. The summed E-state index contributed by atoms with van der Waals surface area (Å²) in [5.41, 5.74) is 3.95. The zero-order valence-corrected chi connectivity index (χ0v) is 18.0. The Labute approximate surface area is 188 Å². The molecule has 0 radical (unpaired) electrons. The van der Waals surface area contributed by atoms with E-state index in [0.717, 1.165) is 11.1 Å². The monoisotopic (exact) mass is 429 g/mol. The molecule has 2 atom stereocenters. The molecule has 32 heavy (non-hydrogen) atoms. The van der Waals surface area contributed by atoms with E-state index in [2.05, 4.69) is 22.0 Å². The highest BCUT2D eigenvalue weighted by molar-refractivity contribution is 5.98. The van der Waals surface area contributed by atoms with Gasteiger partial charge in [0.25, 0.3) is 0 Å². The lowest BCUT2D eigenvalue weighted by atomic mass is 9.95. The Morgan fingerprint density at radius 3 is 2.53 bits per heavy atom. The molecule has 4 rings (SSSR count). The number of ether oxygens (including phenoxy) is 1. The summed E-state index contributed by atoms with van der Waals surface area (Å²) in [6.07, 6.45) is 0.989. The van der Waals surface area contributed by atoms with Gasteiger partial charge in [0.2, 0.25) is 11.8 Å². The number of hydrogen-bond acceptors (Lipinski definition) is 4. The van der Waals surface area contributed by atoms with E-state index < -0.39 is 6.04 Å². The molecule has 1 heterocycles. The summed E-state index contributed by atoms with van der Waals surface area (Å²) in [4.78, 5) is 26.2. The van der Waals surface area contributed by atoms with Crippen LogP contribution in [0.1, 0.15) is 16.7 Å². The van der Waals surface area contributed by atoms with Crippen molar-refractivity contribution in [1.29, 1.82) is 0 Å². The van der Waals surface area contributed by atoms with Crippen LogP contribution in [0, 0.1) is 0 Å². The zero-order valence-electron chi connectivity index (χ0n) is 18.0. The van der Waals surface area contributed by atoms with Gasteiger partial charge in [-0.1, -0.05) is 60.7 Å². The largest absolute Gasteiger partial charge is 0.497 e. The Balaban J connectivity index is 1.48. The van der Waals surface area contributed by atoms with Gasteiger partial charge in [-0.25, -0.2) is 0 Å². The third kappa shape index (κ3) is 5.34. The van der Waals surface area contributed by atoms with Crippen molar-refractivity contribution in [2.24, 2.45) is 0 Å². The molecule has 0 aromatic heterocycles. The van der Waals surface area contributed by atoms with Gasteiger partial charge in [0.1, 0.15) is 11.8 Å². The van der Waals surface area contributed by atoms with E-state index in [0.29, 0.717) is 30.8 Å². The van der Waals surface area contributed by atoms with Crippen LogP contribution in [0.2, 0.25) is 0 Å². The van der Waals surface area contributed by atoms with Gasteiger partial charge in [-0.2, -0.15) is 0 Å². The molecule has 6 heteroatoms. The molecule has 0 saturated carbocycles. The van der Waals surface area contributed by atoms with E-state index in [-0.39, 0.29) is 17.9 Å². The molecule has 3 aromatic rings. The summed E-state index contributed by atoms with van der Waals surface area (Å²) in [6, 6.07) is 23.8. The van der Waals surface area contributed by atoms with E-state index in [1.54, 1.807) is 19.2 Å². The van der Waals surface area contributed by atoms with Crippen LogP contribution in [-0.2, 0) is 29.0 Å². The number of anilines is 1. The fourth-order valence-electron chi connectivity index (χ4n) is 3.90. The maximum atomic E-state index is 13.1. The molecule has 1 aliphatic rings. The van der Waals surface area contributed by atoms with Gasteiger partial charge < -0.3 is 20.7 Å². The number of nitrogens with one attached hydrogen (secondary N) is 3. The lowest BCUT2D eigenvalue weighted by Crippen LogP contribution is -2.53. The second-order valence-electron chi connectivity index (χ2n) is 7.88. The minimum absolute atomic E-state index is 0.179. The Bertz CT molecular complexity index is 1080. The van der Waals surface area contributed by atoms with Crippen LogP contribution in [0.15, 0.2) is 78.9 Å². The van der Waals surface area contributed by atoms with Gasteiger partial charge in [0, 0.05) is 24.7 Å². The molecule has 3 N–H and O–H groups in total. The van der Waals surface area contributed by atoms with Crippen LogP contribution in [0.4, 0.5) is 5.69 Å². The SMILES string of the molecule is COc1cccc(NC(=O)[C@H](Cc2ccccc2)NC(=O)[C@@H]2Cc3ccccc3CN2)c1. The van der Waals surface area contributed by atoms with Crippen LogP contribution in [0.3, 0.4) is 0 Å². The summed E-state index contributed by atoms with van der Waals surface area (Å²) in [5.74, 6) is 0.199. The number of benzene rings is 3. The Hall–Kier alpha value is -3.64. The van der Waals surface area contributed by atoms with E-state index in [9.17, 15) is 9.59 Å². The van der Waals surface area contributed by atoms with Crippen LogP contribution in [0.5, 0.6) is 5.75 Å². The number of amides is 2. The summed E-state index contributed by atoms with van der Waals surface area (Å²) < 4.78 is 5.24. The van der Waals surface area contributed by atoms with Crippen molar-refractivity contribution in [2.45, 2.75) is 31.5 Å². The van der Waals surface area contributed by atoms with Crippen LogP contribution in [-0.4, -0.2) is 31.0 Å². The van der Waals surface area contributed by atoms with Crippen molar-refractivity contribution in [3.8, 4) is 5.75 Å². The molecule has 0 aliphatic carbocycles. The maximum Gasteiger partial charge on any atom is 0.247 e. The van der Waals surface area contributed by atoms with E-state index >= 15 is 0 Å². The lowest BCUT2D eigenvalue weighted by molar-refractivity contribution is -0.128. The van der Waals surface area contributed by atoms with Crippen LogP contribution >= 0.6 is 0 Å². The zero-order chi connectivity index (χ0) is 22.3. The van der Waals surface area contributed by atoms with Gasteiger partial charge in [-0.15, -0.1) is 0 Å². The Morgan fingerprint density at radius 1 is 1.00 bits per heavy atom. The minimum Gasteiger partial charge on any atom is -0.497 e. The molecule has 2 amide bonds. The van der Waals surface area contributed by atoms with Gasteiger partial charge in [-0.05, 0) is 35.2 Å². The van der Waals surface area contributed by atoms with E-state index in [1.165, 1.54) is 5.56 Å². The van der Waals surface area contributed by atoms with Crippen molar-refractivity contribution in [2.75, 3.05) is 12.4 Å². The third-order valence-corrected chi connectivity index (χ3v) is 5.65. The number of carbonyl (C=O) groups is 2. The van der Waals surface area contributed by atoms with E-state index in [1.807, 2.05) is 60.7 Å². The maximum absolute atomic E-state index is 13.1. The second kappa shape index (κ2) is 10.1. The highest BCUT2D eigenvalue weighted by Crippen LogP contribution is 2.18. The average molecular weight is 430 g/mol. The predicted molar refractivity (Wildman–Crippen MR) is 124 cm³/mol. The highest BCUT2D eigenvalue weighted by atomic mass is 16.5. The smallest absolute Gasteiger partial charge is 0.247 e. The minimum atomic E-state index is -0.713. The summed E-state index contributed by atoms with van der Waals surface area (Å²) in [7, 11) is 1.58. The number of hydrogen-bond donors (Lipinski definition) is 3. The molecule has 0 fully saturated rings. The third-order valence-electron chi connectivity index (χ3n) is 5.65. The Morgan fingerprint density at radius 2 is 1.75 bits per heavy atom. The number of rotatable bonds is 7. The van der Waals surface area contributed by atoms with Crippen molar-refractivity contribution in [1.82, 2.24) is 10.6 Å². The first-order valence-electron chi connectivity index (χ1n) is 10.7. The van der Waals surface area contributed by atoms with E-state index in [4.69, 9.17) is 4.74 Å². The molecule has 1 aliphatic heterocycles. The standard InChI is InChI=1S/C26H27N3O3/c1-32-22-13-7-12-21(16-22)28-26(31)24(14-18-8-3-2-4-9-18)29-25(30)23-15-19-10-5-6-11-20(19)17-27-23/h2-13,16,23-24,27H,14-15,17H2,1H3,(H,28,31)(H,29,30)/t23-,24-/m0/s1. The first-order valence-corrected chi connectivity index (χ1v) is 10.7. The van der Waals surface area contributed by atoms with Crippen LogP contribution in [0.25, 0.3) is 0 Å². The quantitative estimate of drug-likeness (QED) is 0.539. The second-order valence-corrected chi connectivity index (χ2v) is 7.88. The van der Waals surface area contributed by atoms with Crippen LogP contribution < -0.4 is 20.7 Å². The van der Waals surface area contributed by atoms with Crippen molar-refractivity contribution < 1.29 is 14.3 Å². The number of methoxy groups -OCH3 is 1. The fourth-order valence-corrected chi connectivity index (χ4v) is 3.90. The molecular formula is C26H27N3O3. The van der Waals surface area contributed by atoms with Crippen molar-refractivity contribution >= 4 is 17.5 Å². The van der Waals surface area contributed by atoms with Crippen molar-refractivity contribution in [3.63, 3.8) is 0 Å². The van der Waals surface area contributed by atoms with Gasteiger partial charge in [-0.3, -0.25) is 9.59 Å². The normalized spacial score (nSPS) is 15.8. The Kier molecular flexibility index (Phi) is 6.82. The number of fused-ring (bicyclic) bond motifs is 1. The molecule has 0 spiro atoms.